The number of aliphatic hydroxyl groups is 1. The minimum absolute atomic E-state index is 0.276. The predicted octanol–water partition coefficient (Wildman–Crippen LogP) is 4.67. The number of benzene rings is 3. The van der Waals surface area contributed by atoms with Crippen LogP contribution in [0.2, 0.25) is 0 Å². The van der Waals surface area contributed by atoms with Crippen LogP contribution in [0.3, 0.4) is 0 Å². The number of nitrogens with zero attached hydrogens (tertiary/aromatic N) is 3. The highest BCUT2D eigenvalue weighted by molar-refractivity contribution is 5.83. The maximum absolute atomic E-state index is 11.4. The maximum atomic E-state index is 11.4. The van der Waals surface area contributed by atoms with Gasteiger partial charge in [0.25, 0.3) is 0 Å². The number of ether oxygens (including phenoxy) is 2. The monoisotopic (exact) mass is 525 g/mol. The molecule has 3 aromatic carbocycles. The third-order valence-corrected chi connectivity index (χ3v) is 6.13. The lowest BCUT2D eigenvalue weighted by Gasteiger charge is -2.24. The van der Waals surface area contributed by atoms with Crippen molar-refractivity contribution in [2.75, 3.05) is 27.4 Å². The highest BCUT2D eigenvalue weighted by Gasteiger charge is 2.39. The summed E-state index contributed by atoms with van der Waals surface area (Å²) in [6.07, 6.45) is 6.27. The number of fused-ring (bicyclic) bond motifs is 1. The molecule has 2 N–H and O–H groups in total. The smallest absolute Gasteiger partial charge is 0.345 e. The van der Waals surface area contributed by atoms with E-state index in [1.165, 1.54) is 0 Å². The van der Waals surface area contributed by atoms with Crippen LogP contribution in [-0.4, -0.2) is 59.7 Å². The van der Waals surface area contributed by atoms with Gasteiger partial charge < -0.3 is 24.6 Å². The van der Waals surface area contributed by atoms with Crippen molar-refractivity contribution < 1.29 is 24.5 Å². The van der Waals surface area contributed by atoms with Gasteiger partial charge in [-0.2, -0.15) is 0 Å². The van der Waals surface area contributed by atoms with Gasteiger partial charge in [0.2, 0.25) is 12.4 Å². The zero-order chi connectivity index (χ0) is 27.7. The fourth-order valence-corrected chi connectivity index (χ4v) is 4.01. The number of carboxylic acid groups (broad SMARTS) is 1. The number of hydrogen-bond acceptors (Lipinski definition) is 7. The SMILES string of the molecule is CN(C)CCc1cc2c(cc1N=Cc1cccnc1)OCO2.O=C(O)C(O)(c1ccccc1)c1ccccc1. The van der Waals surface area contributed by atoms with Crippen molar-refractivity contribution in [2.45, 2.75) is 12.0 Å². The Balaban J connectivity index is 0.000000187. The molecule has 5 rings (SSSR count). The lowest BCUT2D eigenvalue weighted by Crippen LogP contribution is -2.36. The highest BCUT2D eigenvalue weighted by atomic mass is 16.7. The predicted molar refractivity (Wildman–Crippen MR) is 150 cm³/mol. The summed E-state index contributed by atoms with van der Waals surface area (Å²) in [6, 6.07) is 24.6. The van der Waals surface area contributed by atoms with Gasteiger partial charge >= 0.3 is 5.97 Å². The van der Waals surface area contributed by atoms with Gasteiger partial charge in [-0.05, 0) is 49.3 Å². The molecule has 0 unspecified atom stereocenters. The minimum atomic E-state index is -2.00. The number of aliphatic imine (C=N–C) groups is 1. The lowest BCUT2D eigenvalue weighted by molar-refractivity contribution is -0.155. The number of hydrogen-bond donors (Lipinski definition) is 2. The summed E-state index contributed by atoms with van der Waals surface area (Å²) in [6.45, 7) is 1.23. The molecule has 0 spiro atoms. The van der Waals surface area contributed by atoms with E-state index in [1.807, 2.05) is 30.5 Å². The third-order valence-electron chi connectivity index (χ3n) is 6.13. The van der Waals surface area contributed by atoms with E-state index in [1.54, 1.807) is 73.1 Å². The minimum Gasteiger partial charge on any atom is -0.479 e. The Morgan fingerprint density at radius 3 is 2.13 bits per heavy atom. The summed E-state index contributed by atoms with van der Waals surface area (Å²) < 4.78 is 10.9. The van der Waals surface area contributed by atoms with Gasteiger partial charge in [0.05, 0.1) is 5.69 Å². The summed E-state index contributed by atoms with van der Waals surface area (Å²) in [4.78, 5) is 22.2. The largest absolute Gasteiger partial charge is 0.479 e. The first kappa shape index (κ1) is 27.5. The average Bonchev–Trinajstić information content (AvgIpc) is 3.43. The van der Waals surface area contributed by atoms with Gasteiger partial charge in [-0.3, -0.25) is 9.98 Å². The van der Waals surface area contributed by atoms with Gasteiger partial charge in [0.1, 0.15) is 0 Å². The van der Waals surface area contributed by atoms with E-state index < -0.39 is 11.6 Å². The molecule has 0 radical (unpaired) electrons. The molecule has 0 amide bonds. The van der Waals surface area contributed by atoms with Crippen molar-refractivity contribution in [2.24, 2.45) is 4.99 Å². The first-order valence-electron chi connectivity index (χ1n) is 12.5. The summed E-state index contributed by atoms with van der Waals surface area (Å²) in [5, 5.41) is 19.7. The molecule has 4 aromatic rings. The van der Waals surface area contributed by atoms with Crippen LogP contribution in [0, 0.1) is 0 Å². The van der Waals surface area contributed by atoms with E-state index in [4.69, 9.17) is 9.47 Å². The van der Waals surface area contributed by atoms with Gasteiger partial charge in [-0.1, -0.05) is 66.7 Å². The molecule has 0 saturated heterocycles. The van der Waals surface area contributed by atoms with Crippen LogP contribution in [0.15, 0.2) is 102 Å². The molecule has 0 fully saturated rings. The molecule has 0 atom stereocenters. The van der Waals surface area contributed by atoms with Crippen molar-refractivity contribution in [3.63, 3.8) is 0 Å². The van der Waals surface area contributed by atoms with Gasteiger partial charge in [0, 0.05) is 36.8 Å². The number of pyridine rings is 1. The molecule has 0 aliphatic carbocycles. The second kappa shape index (κ2) is 12.8. The van der Waals surface area contributed by atoms with Crippen LogP contribution in [0.1, 0.15) is 22.3 Å². The molecule has 1 aromatic heterocycles. The summed E-state index contributed by atoms with van der Waals surface area (Å²) in [5.74, 6) is 0.274. The van der Waals surface area contributed by atoms with Crippen molar-refractivity contribution in [3.05, 3.63) is 120 Å². The molecular weight excluding hydrogens is 494 g/mol. The number of carboxylic acids is 1. The second-order valence-electron chi connectivity index (χ2n) is 9.18. The topological polar surface area (TPSA) is 104 Å². The average molecular weight is 526 g/mol. The Bertz CT molecular complexity index is 1350. The Morgan fingerprint density at radius 1 is 0.974 bits per heavy atom. The molecule has 8 heteroatoms. The van der Waals surface area contributed by atoms with Crippen LogP contribution in [0.5, 0.6) is 11.5 Å². The first-order valence-corrected chi connectivity index (χ1v) is 12.5. The number of aromatic nitrogens is 1. The molecular formula is C31H31N3O5. The normalized spacial score (nSPS) is 12.3. The molecule has 1 aliphatic rings. The van der Waals surface area contributed by atoms with Gasteiger partial charge in [-0.25, -0.2) is 4.79 Å². The zero-order valence-corrected chi connectivity index (χ0v) is 21.9. The van der Waals surface area contributed by atoms with Crippen LogP contribution in [-0.2, 0) is 16.8 Å². The molecule has 1 aliphatic heterocycles. The molecule has 200 valence electrons. The van der Waals surface area contributed by atoms with E-state index in [0.29, 0.717) is 11.1 Å². The van der Waals surface area contributed by atoms with E-state index in [-0.39, 0.29) is 6.79 Å². The van der Waals surface area contributed by atoms with Crippen molar-refractivity contribution >= 4 is 17.9 Å². The van der Waals surface area contributed by atoms with Crippen LogP contribution in [0.4, 0.5) is 5.69 Å². The van der Waals surface area contributed by atoms with Crippen molar-refractivity contribution in [1.29, 1.82) is 0 Å². The third kappa shape index (κ3) is 6.87. The van der Waals surface area contributed by atoms with E-state index in [0.717, 1.165) is 41.3 Å². The second-order valence-corrected chi connectivity index (χ2v) is 9.18. The van der Waals surface area contributed by atoms with Crippen molar-refractivity contribution in [3.8, 4) is 11.5 Å². The molecule has 0 bridgehead atoms. The van der Waals surface area contributed by atoms with Crippen LogP contribution < -0.4 is 9.47 Å². The number of rotatable bonds is 8. The number of aliphatic carboxylic acids is 1. The molecule has 2 heterocycles. The van der Waals surface area contributed by atoms with Gasteiger partial charge in [-0.15, -0.1) is 0 Å². The summed E-state index contributed by atoms with van der Waals surface area (Å²) in [5.41, 5.74) is 1.73. The van der Waals surface area contributed by atoms with Crippen LogP contribution in [0.25, 0.3) is 0 Å². The molecule has 39 heavy (non-hydrogen) atoms. The van der Waals surface area contributed by atoms with Crippen LogP contribution >= 0.6 is 0 Å². The number of likely N-dealkylation sites (N-methyl/N-ethyl adjacent to an activating group) is 1. The zero-order valence-electron chi connectivity index (χ0n) is 21.9. The number of carbonyl (C=O) groups is 1. The standard InChI is InChI=1S/C17H19N3O2.C14H12O3/c1-20(2)7-5-14-8-16-17(22-12-21-16)9-15(14)19-11-13-4-3-6-18-10-13;15-13(16)14(17,11-7-3-1-4-8-11)12-9-5-2-6-10-12/h3-4,6,8-11H,5,7,12H2,1-2H3;1-10,17H,(H,15,16). The summed E-state index contributed by atoms with van der Waals surface area (Å²) >= 11 is 0. The Hall–Kier alpha value is -4.53. The molecule has 0 saturated carbocycles. The van der Waals surface area contributed by atoms with Crippen molar-refractivity contribution in [1.82, 2.24) is 9.88 Å². The van der Waals surface area contributed by atoms with E-state index >= 15 is 0 Å². The molecule has 8 nitrogen and oxygen atoms in total. The first-order chi connectivity index (χ1) is 18.9. The Morgan fingerprint density at radius 2 is 1.59 bits per heavy atom. The van der Waals surface area contributed by atoms with E-state index in [2.05, 4.69) is 29.0 Å². The fraction of sp³-hybridized carbons (Fsp3) is 0.194. The highest BCUT2D eigenvalue weighted by Crippen LogP contribution is 2.38. The fourth-order valence-electron chi connectivity index (χ4n) is 4.01. The Labute approximate surface area is 227 Å². The lowest BCUT2D eigenvalue weighted by atomic mass is 9.86. The van der Waals surface area contributed by atoms with Gasteiger partial charge in [0.15, 0.2) is 11.5 Å². The quantitative estimate of drug-likeness (QED) is 0.322. The summed E-state index contributed by atoms with van der Waals surface area (Å²) in [7, 11) is 4.12. The maximum Gasteiger partial charge on any atom is 0.345 e. The van der Waals surface area contributed by atoms with E-state index in [9.17, 15) is 15.0 Å². The Kier molecular flexibility index (Phi) is 9.04.